The monoisotopic (exact) mass is 530 g/mol. The summed E-state index contributed by atoms with van der Waals surface area (Å²) in [6, 6.07) is 0. The lowest BCUT2D eigenvalue weighted by molar-refractivity contribution is -0.145. The fourth-order valence-electron chi connectivity index (χ4n) is 3.34. The van der Waals surface area contributed by atoms with E-state index in [-0.39, 0.29) is 49.6 Å². The van der Waals surface area contributed by atoms with E-state index < -0.39 is 0 Å². The topological polar surface area (TPSA) is 112 Å². The summed E-state index contributed by atoms with van der Waals surface area (Å²) in [4.78, 5) is 52.0. The van der Waals surface area contributed by atoms with Crippen molar-refractivity contribution in [1.82, 2.24) is 9.80 Å². The van der Waals surface area contributed by atoms with Gasteiger partial charge in [-0.25, -0.2) is 0 Å². The quantitative estimate of drug-likeness (QED) is 0.136. The SMILES string of the molecule is CCCOC(=O)CCN(CCCN(CCC(=O)OCCC)CCC(=O)OCCC)CCC(=O)OCCC. The van der Waals surface area contributed by atoms with E-state index in [1.807, 2.05) is 27.7 Å². The Morgan fingerprint density at radius 1 is 0.432 bits per heavy atom. The van der Waals surface area contributed by atoms with E-state index in [1.165, 1.54) is 0 Å². The van der Waals surface area contributed by atoms with Gasteiger partial charge in [-0.05, 0) is 45.2 Å². The molecule has 0 saturated heterocycles. The predicted molar refractivity (Wildman–Crippen MR) is 141 cm³/mol. The van der Waals surface area contributed by atoms with E-state index in [0.29, 0.717) is 65.7 Å². The number of carbonyl (C=O) groups is 4. The van der Waals surface area contributed by atoms with Gasteiger partial charge in [-0.1, -0.05) is 27.7 Å². The fraction of sp³-hybridized carbons (Fsp3) is 0.852. The van der Waals surface area contributed by atoms with Crippen molar-refractivity contribution in [1.29, 1.82) is 0 Å². The first-order valence-electron chi connectivity index (χ1n) is 13.9. The Hall–Kier alpha value is -2.20. The molecule has 0 heterocycles. The largest absolute Gasteiger partial charge is 0.466 e. The zero-order valence-corrected chi connectivity index (χ0v) is 23.6. The van der Waals surface area contributed by atoms with Gasteiger partial charge in [0, 0.05) is 26.2 Å². The Labute approximate surface area is 223 Å². The molecule has 0 aromatic carbocycles. The Kier molecular flexibility index (Phi) is 22.7. The lowest BCUT2D eigenvalue weighted by Gasteiger charge is -2.25. The zero-order chi connectivity index (χ0) is 27.7. The zero-order valence-electron chi connectivity index (χ0n) is 23.6. The highest BCUT2D eigenvalue weighted by Gasteiger charge is 2.15. The van der Waals surface area contributed by atoms with Gasteiger partial charge in [-0.15, -0.1) is 0 Å². The van der Waals surface area contributed by atoms with Gasteiger partial charge in [-0.3, -0.25) is 19.2 Å². The van der Waals surface area contributed by atoms with Crippen LogP contribution in [0.25, 0.3) is 0 Å². The molecule has 0 fully saturated rings. The maximum atomic E-state index is 12.0. The predicted octanol–water partition coefficient (Wildman–Crippen LogP) is 3.35. The summed E-state index contributed by atoms with van der Waals surface area (Å²) >= 11 is 0. The molecule has 0 aliphatic rings. The molecule has 0 rings (SSSR count). The van der Waals surface area contributed by atoms with E-state index in [9.17, 15) is 19.2 Å². The molecule has 10 nitrogen and oxygen atoms in total. The first-order valence-corrected chi connectivity index (χ1v) is 13.9. The van der Waals surface area contributed by atoms with Crippen molar-refractivity contribution >= 4 is 23.9 Å². The van der Waals surface area contributed by atoms with E-state index in [2.05, 4.69) is 9.80 Å². The first kappa shape index (κ1) is 34.8. The van der Waals surface area contributed by atoms with Gasteiger partial charge in [0.25, 0.3) is 0 Å². The number of carbonyl (C=O) groups excluding carboxylic acids is 4. The van der Waals surface area contributed by atoms with Crippen molar-refractivity contribution in [2.75, 3.05) is 65.7 Å². The second-order valence-corrected chi connectivity index (χ2v) is 8.92. The molecular formula is C27H50N2O8. The van der Waals surface area contributed by atoms with Crippen molar-refractivity contribution in [3.8, 4) is 0 Å². The molecule has 0 bridgehead atoms. The summed E-state index contributed by atoms with van der Waals surface area (Å²) in [7, 11) is 0. The van der Waals surface area contributed by atoms with Gasteiger partial charge >= 0.3 is 23.9 Å². The van der Waals surface area contributed by atoms with Crippen molar-refractivity contribution in [3.05, 3.63) is 0 Å². The van der Waals surface area contributed by atoms with E-state index in [0.717, 1.165) is 32.1 Å². The molecule has 10 heteroatoms. The van der Waals surface area contributed by atoms with Gasteiger partial charge in [-0.2, -0.15) is 0 Å². The molecular weight excluding hydrogens is 480 g/mol. The summed E-state index contributed by atoms with van der Waals surface area (Å²) in [6.07, 6.45) is 4.82. The van der Waals surface area contributed by atoms with Gasteiger partial charge in [0.05, 0.1) is 52.1 Å². The lowest BCUT2D eigenvalue weighted by atomic mass is 10.2. The Bertz CT molecular complexity index is 530. The second kappa shape index (κ2) is 24.2. The van der Waals surface area contributed by atoms with Crippen LogP contribution < -0.4 is 0 Å². The summed E-state index contributed by atoms with van der Waals surface area (Å²) < 4.78 is 20.7. The standard InChI is InChI=1S/C27H50N2O8/c1-5-20-34-24(30)10-16-28(17-11-25(31)35-21-6-2)14-9-15-29(18-12-26(32)36-22-7-3)19-13-27(33)37-23-8-4/h5-23H2,1-4H3. The molecule has 0 aliphatic carbocycles. The molecule has 0 amide bonds. The van der Waals surface area contributed by atoms with Gasteiger partial charge in [0.15, 0.2) is 0 Å². The minimum Gasteiger partial charge on any atom is -0.466 e. The maximum Gasteiger partial charge on any atom is 0.307 e. The van der Waals surface area contributed by atoms with E-state index >= 15 is 0 Å². The van der Waals surface area contributed by atoms with Crippen LogP contribution in [0, 0.1) is 0 Å². The number of esters is 4. The molecule has 0 aromatic heterocycles. The summed E-state index contributed by atoms with van der Waals surface area (Å²) in [6.45, 7) is 12.6. The molecule has 37 heavy (non-hydrogen) atoms. The highest BCUT2D eigenvalue weighted by molar-refractivity contribution is 5.71. The maximum absolute atomic E-state index is 12.0. The highest BCUT2D eigenvalue weighted by Crippen LogP contribution is 2.05. The Balaban J connectivity index is 4.88. The number of hydrogen-bond donors (Lipinski definition) is 0. The van der Waals surface area contributed by atoms with Gasteiger partial charge in [0.2, 0.25) is 0 Å². The van der Waals surface area contributed by atoms with Crippen LogP contribution in [0.2, 0.25) is 0 Å². The summed E-state index contributed by atoms with van der Waals surface area (Å²) in [5, 5.41) is 0. The smallest absolute Gasteiger partial charge is 0.307 e. The third-order valence-electron chi connectivity index (χ3n) is 5.35. The molecule has 0 N–H and O–H groups in total. The minimum absolute atomic E-state index is 0.250. The van der Waals surface area contributed by atoms with Crippen molar-refractivity contribution in [2.45, 2.75) is 85.5 Å². The van der Waals surface area contributed by atoms with Crippen molar-refractivity contribution in [3.63, 3.8) is 0 Å². The summed E-state index contributed by atoms with van der Waals surface area (Å²) in [5.74, 6) is -1.01. The molecule has 0 radical (unpaired) electrons. The van der Waals surface area contributed by atoms with Crippen LogP contribution in [0.4, 0.5) is 0 Å². The molecule has 0 atom stereocenters. The van der Waals surface area contributed by atoms with Crippen LogP contribution in [0.15, 0.2) is 0 Å². The van der Waals surface area contributed by atoms with E-state index in [1.54, 1.807) is 0 Å². The van der Waals surface area contributed by atoms with Crippen LogP contribution in [-0.2, 0) is 38.1 Å². The number of hydrogen-bond acceptors (Lipinski definition) is 10. The van der Waals surface area contributed by atoms with E-state index in [4.69, 9.17) is 18.9 Å². The van der Waals surface area contributed by atoms with Crippen LogP contribution >= 0.6 is 0 Å². The number of rotatable bonds is 24. The second-order valence-electron chi connectivity index (χ2n) is 8.92. The van der Waals surface area contributed by atoms with Crippen LogP contribution in [0.1, 0.15) is 85.5 Å². The molecule has 0 aromatic rings. The third kappa shape index (κ3) is 21.6. The number of ether oxygens (including phenoxy) is 4. The molecule has 0 aliphatic heterocycles. The Morgan fingerprint density at radius 3 is 0.892 bits per heavy atom. The van der Waals surface area contributed by atoms with Crippen molar-refractivity contribution in [2.24, 2.45) is 0 Å². The van der Waals surface area contributed by atoms with Crippen LogP contribution in [0.3, 0.4) is 0 Å². The average Bonchev–Trinajstić information content (AvgIpc) is 2.90. The average molecular weight is 531 g/mol. The lowest BCUT2D eigenvalue weighted by Crippen LogP contribution is -2.35. The van der Waals surface area contributed by atoms with Crippen LogP contribution in [-0.4, -0.2) is 99.4 Å². The van der Waals surface area contributed by atoms with Gasteiger partial charge < -0.3 is 28.7 Å². The fourth-order valence-corrected chi connectivity index (χ4v) is 3.34. The minimum atomic E-state index is -0.252. The molecule has 0 spiro atoms. The number of nitrogens with zero attached hydrogens (tertiary/aromatic N) is 2. The molecule has 0 saturated carbocycles. The summed E-state index contributed by atoms with van der Waals surface area (Å²) in [5.41, 5.74) is 0. The third-order valence-corrected chi connectivity index (χ3v) is 5.35. The molecule has 216 valence electrons. The van der Waals surface area contributed by atoms with Crippen LogP contribution in [0.5, 0.6) is 0 Å². The van der Waals surface area contributed by atoms with Gasteiger partial charge in [0.1, 0.15) is 0 Å². The Morgan fingerprint density at radius 2 is 0.676 bits per heavy atom. The highest BCUT2D eigenvalue weighted by atomic mass is 16.5. The van der Waals surface area contributed by atoms with Crippen molar-refractivity contribution < 1.29 is 38.1 Å². The normalized spacial score (nSPS) is 11.0. The molecule has 0 unspecified atom stereocenters. The first-order chi connectivity index (χ1) is 17.9.